The molecular formula is C11H16N2O4. The maximum absolute atomic E-state index is 11.3. The fourth-order valence-electron chi connectivity index (χ4n) is 1.42. The molecule has 0 radical (unpaired) electrons. The van der Waals surface area contributed by atoms with E-state index < -0.39 is 0 Å². The second-order valence-electron chi connectivity index (χ2n) is 3.69. The van der Waals surface area contributed by atoms with Gasteiger partial charge in [0.1, 0.15) is 0 Å². The zero-order valence-corrected chi connectivity index (χ0v) is 9.52. The van der Waals surface area contributed by atoms with Crippen molar-refractivity contribution in [1.29, 1.82) is 0 Å². The number of nitrogens with one attached hydrogen (secondary N) is 1. The van der Waals surface area contributed by atoms with Crippen LogP contribution < -0.4 is 5.32 Å². The Labute approximate surface area is 99.3 Å². The van der Waals surface area contributed by atoms with Crippen LogP contribution in [0.4, 0.5) is 0 Å². The summed E-state index contributed by atoms with van der Waals surface area (Å²) in [5, 5.41) is 11.2. The first-order chi connectivity index (χ1) is 8.15. The average Bonchev–Trinajstić information content (AvgIpc) is 2.62. The van der Waals surface area contributed by atoms with Crippen molar-refractivity contribution in [2.24, 2.45) is 0 Å². The van der Waals surface area contributed by atoms with E-state index in [2.05, 4.69) is 5.32 Å². The number of hydrogen-bond acceptors (Lipinski definition) is 4. The van der Waals surface area contributed by atoms with Crippen LogP contribution in [-0.4, -0.2) is 47.4 Å². The lowest BCUT2D eigenvalue weighted by Crippen LogP contribution is -2.34. The molecule has 0 fully saturated rings. The van der Waals surface area contributed by atoms with Gasteiger partial charge < -0.3 is 10.4 Å². The molecule has 1 aliphatic rings. The Morgan fingerprint density at radius 3 is 2.47 bits per heavy atom. The first-order valence-corrected chi connectivity index (χ1v) is 5.56. The predicted octanol–water partition coefficient (Wildman–Crippen LogP) is -0.810. The summed E-state index contributed by atoms with van der Waals surface area (Å²) in [6, 6.07) is 0. The molecule has 0 saturated heterocycles. The molecule has 0 aromatic heterocycles. The van der Waals surface area contributed by atoms with E-state index in [0.717, 1.165) is 4.90 Å². The molecule has 17 heavy (non-hydrogen) atoms. The van der Waals surface area contributed by atoms with Crippen molar-refractivity contribution >= 4 is 17.7 Å². The van der Waals surface area contributed by atoms with E-state index in [1.807, 2.05) is 0 Å². The minimum absolute atomic E-state index is 0.108. The van der Waals surface area contributed by atoms with Crippen LogP contribution in [0, 0.1) is 0 Å². The summed E-state index contributed by atoms with van der Waals surface area (Å²) >= 11 is 0. The lowest BCUT2D eigenvalue weighted by molar-refractivity contribution is -0.137. The smallest absolute Gasteiger partial charge is 0.253 e. The van der Waals surface area contributed by atoms with Crippen LogP contribution in [0.25, 0.3) is 0 Å². The van der Waals surface area contributed by atoms with Gasteiger partial charge in [-0.15, -0.1) is 0 Å². The van der Waals surface area contributed by atoms with Crippen molar-refractivity contribution in [3.63, 3.8) is 0 Å². The van der Waals surface area contributed by atoms with Crippen LogP contribution in [0.2, 0.25) is 0 Å². The van der Waals surface area contributed by atoms with Gasteiger partial charge in [0.05, 0.1) is 0 Å². The third-order valence-corrected chi connectivity index (χ3v) is 2.37. The summed E-state index contributed by atoms with van der Waals surface area (Å²) in [6.45, 7) is 0.717. The molecule has 0 bridgehead atoms. The zero-order valence-electron chi connectivity index (χ0n) is 9.52. The summed E-state index contributed by atoms with van der Waals surface area (Å²) in [7, 11) is 0. The maximum Gasteiger partial charge on any atom is 0.253 e. The summed E-state index contributed by atoms with van der Waals surface area (Å²) < 4.78 is 0. The van der Waals surface area contributed by atoms with E-state index in [1.165, 1.54) is 12.2 Å². The Morgan fingerprint density at radius 2 is 1.88 bits per heavy atom. The number of carbonyl (C=O) groups excluding carboxylic acids is 3. The number of hydrogen-bond donors (Lipinski definition) is 2. The molecule has 0 aromatic rings. The largest absolute Gasteiger partial charge is 0.396 e. The van der Waals surface area contributed by atoms with Gasteiger partial charge in [0.25, 0.3) is 11.8 Å². The Balaban J connectivity index is 2.16. The van der Waals surface area contributed by atoms with E-state index in [1.54, 1.807) is 0 Å². The topological polar surface area (TPSA) is 86.7 Å². The summed E-state index contributed by atoms with van der Waals surface area (Å²) in [6.07, 6.45) is 3.86. The SMILES string of the molecule is O=C(CCN1C(=O)C=CC1=O)NCCCCO. The van der Waals surface area contributed by atoms with Crippen molar-refractivity contribution in [3.8, 4) is 0 Å². The highest BCUT2D eigenvalue weighted by atomic mass is 16.3. The van der Waals surface area contributed by atoms with Crippen LogP contribution in [0.1, 0.15) is 19.3 Å². The number of aliphatic hydroxyl groups excluding tert-OH is 1. The monoisotopic (exact) mass is 240 g/mol. The van der Waals surface area contributed by atoms with Crippen molar-refractivity contribution in [2.45, 2.75) is 19.3 Å². The molecule has 2 N–H and O–H groups in total. The number of amides is 3. The molecule has 0 unspecified atom stereocenters. The first-order valence-electron chi connectivity index (χ1n) is 5.56. The minimum Gasteiger partial charge on any atom is -0.396 e. The van der Waals surface area contributed by atoms with Crippen molar-refractivity contribution in [3.05, 3.63) is 12.2 Å². The van der Waals surface area contributed by atoms with Gasteiger partial charge in [-0.2, -0.15) is 0 Å². The van der Waals surface area contributed by atoms with E-state index in [9.17, 15) is 14.4 Å². The highest BCUT2D eigenvalue weighted by molar-refractivity contribution is 6.13. The fraction of sp³-hybridized carbons (Fsp3) is 0.545. The Morgan fingerprint density at radius 1 is 1.24 bits per heavy atom. The van der Waals surface area contributed by atoms with Crippen LogP contribution in [0.5, 0.6) is 0 Å². The molecular weight excluding hydrogens is 224 g/mol. The van der Waals surface area contributed by atoms with Gasteiger partial charge in [-0.25, -0.2) is 0 Å². The van der Waals surface area contributed by atoms with E-state index in [-0.39, 0.29) is 37.3 Å². The highest BCUT2D eigenvalue weighted by Gasteiger charge is 2.23. The molecule has 1 heterocycles. The van der Waals surface area contributed by atoms with Crippen molar-refractivity contribution in [2.75, 3.05) is 19.7 Å². The van der Waals surface area contributed by atoms with Gasteiger partial charge in [-0.05, 0) is 12.8 Å². The number of aliphatic hydroxyl groups is 1. The summed E-state index contributed by atoms with van der Waals surface area (Å²) in [4.78, 5) is 34.7. The molecule has 1 rings (SSSR count). The molecule has 0 aliphatic carbocycles. The second kappa shape index (κ2) is 6.80. The van der Waals surface area contributed by atoms with E-state index in [4.69, 9.17) is 5.11 Å². The third kappa shape index (κ3) is 4.36. The molecule has 0 atom stereocenters. The second-order valence-corrected chi connectivity index (χ2v) is 3.69. The Bertz CT molecular complexity index is 320. The van der Waals surface area contributed by atoms with Crippen LogP contribution in [0.3, 0.4) is 0 Å². The van der Waals surface area contributed by atoms with E-state index in [0.29, 0.717) is 19.4 Å². The Kier molecular flexibility index (Phi) is 5.35. The summed E-state index contributed by atoms with van der Waals surface area (Å²) in [5.74, 6) is -0.943. The van der Waals surface area contributed by atoms with E-state index >= 15 is 0 Å². The highest BCUT2D eigenvalue weighted by Crippen LogP contribution is 2.03. The molecule has 1 aliphatic heterocycles. The molecule has 3 amide bonds. The molecule has 0 spiro atoms. The van der Waals surface area contributed by atoms with Crippen LogP contribution in [0.15, 0.2) is 12.2 Å². The lowest BCUT2D eigenvalue weighted by atomic mass is 10.3. The standard InChI is InChI=1S/C11H16N2O4/c14-8-2-1-6-12-9(15)5-7-13-10(16)3-4-11(13)17/h3-4,14H,1-2,5-8H2,(H,12,15). The van der Waals surface area contributed by atoms with Gasteiger partial charge in [-0.1, -0.05) is 0 Å². The minimum atomic E-state index is -0.372. The predicted molar refractivity (Wildman–Crippen MR) is 59.8 cm³/mol. The summed E-state index contributed by atoms with van der Waals surface area (Å²) in [5.41, 5.74) is 0. The lowest BCUT2D eigenvalue weighted by Gasteiger charge is -2.13. The van der Waals surface area contributed by atoms with Gasteiger partial charge in [0, 0.05) is 38.3 Å². The van der Waals surface area contributed by atoms with Gasteiger partial charge in [-0.3, -0.25) is 19.3 Å². The third-order valence-electron chi connectivity index (χ3n) is 2.37. The molecule has 6 heteroatoms. The number of imide groups is 1. The fourth-order valence-corrected chi connectivity index (χ4v) is 1.42. The number of nitrogens with zero attached hydrogens (tertiary/aromatic N) is 1. The molecule has 0 saturated carbocycles. The molecule has 94 valence electrons. The van der Waals surface area contributed by atoms with Crippen molar-refractivity contribution in [1.82, 2.24) is 10.2 Å². The molecule has 6 nitrogen and oxygen atoms in total. The quantitative estimate of drug-likeness (QED) is 0.450. The van der Waals surface area contributed by atoms with Gasteiger partial charge >= 0.3 is 0 Å². The van der Waals surface area contributed by atoms with Crippen LogP contribution in [-0.2, 0) is 14.4 Å². The normalized spacial score (nSPS) is 14.5. The number of carbonyl (C=O) groups is 3. The molecule has 0 aromatic carbocycles. The number of rotatable bonds is 7. The Hall–Kier alpha value is -1.69. The number of unbranched alkanes of at least 4 members (excludes halogenated alkanes) is 1. The maximum atomic E-state index is 11.3. The average molecular weight is 240 g/mol. The van der Waals surface area contributed by atoms with Crippen LogP contribution >= 0.6 is 0 Å². The zero-order chi connectivity index (χ0) is 12.7. The first kappa shape index (κ1) is 13.4. The van der Waals surface area contributed by atoms with Gasteiger partial charge in [0.15, 0.2) is 0 Å². The van der Waals surface area contributed by atoms with Gasteiger partial charge in [0.2, 0.25) is 5.91 Å². The van der Waals surface area contributed by atoms with Crippen molar-refractivity contribution < 1.29 is 19.5 Å².